The number of hydrogen-bond acceptors (Lipinski definition) is 1. The van der Waals surface area contributed by atoms with E-state index in [1.807, 2.05) is 6.08 Å². The zero-order valence-corrected chi connectivity index (χ0v) is 6.64. The van der Waals surface area contributed by atoms with E-state index < -0.39 is 0 Å². The minimum atomic E-state index is 0.615. The van der Waals surface area contributed by atoms with Gasteiger partial charge in [-0.2, -0.15) is 0 Å². The highest BCUT2D eigenvalue weighted by Gasteiger charge is 2.08. The van der Waals surface area contributed by atoms with Crippen LogP contribution in [0.4, 0.5) is 0 Å². The fraction of sp³-hybridized carbons (Fsp3) is 0.778. The molecule has 1 heteroatoms. The SMILES string of the molecule is CC[C@H]1C=C(O)CCCC1. The minimum absolute atomic E-state index is 0.615. The molecule has 1 aliphatic carbocycles. The van der Waals surface area contributed by atoms with Crippen LogP contribution in [0.15, 0.2) is 11.8 Å². The molecule has 0 radical (unpaired) electrons. The van der Waals surface area contributed by atoms with Gasteiger partial charge in [-0.15, -0.1) is 0 Å². The molecule has 0 aromatic carbocycles. The maximum Gasteiger partial charge on any atom is 0.0885 e. The van der Waals surface area contributed by atoms with Gasteiger partial charge >= 0.3 is 0 Å². The Kier molecular flexibility index (Phi) is 2.79. The van der Waals surface area contributed by atoms with Gasteiger partial charge in [0.1, 0.15) is 0 Å². The molecule has 58 valence electrons. The van der Waals surface area contributed by atoms with Crippen LogP contribution in [0, 0.1) is 5.92 Å². The van der Waals surface area contributed by atoms with Crippen LogP contribution < -0.4 is 0 Å². The first-order chi connectivity index (χ1) is 4.83. The maximum atomic E-state index is 9.25. The molecule has 0 fully saturated rings. The molecule has 0 saturated heterocycles. The lowest BCUT2D eigenvalue weighted by Gasteiger charge is -2.04. The molecule has 0 aromatic rings. The van der Waals surface area contributed by atoms with Crippen LogP contribution in [-0.2, 0) is 0 Å². The average molecular weight is 140 g/mol. The number of hydrogen-bond donors (Lipinski definition) is 1. The zero-order chi connectivity index (χ0) is 7.40. The molecular weight excluding hydrogens is 124 g/mol. The average Bonchev–Trinajstić information content (AvgIpc) is 2.13. The fourth-order valence-electron chi connectivity index (χ4n) is 1.47. The van der Waals surface area contributed by atoms with E-state index in [1.54, 1.807) is 0 Å². The Morgan fingerprint density at radius 1 is 1.60 bits per heavy atom. The smallest absolute Gasteiger partial charge is 0.0885 e. The molecule has 1 atom stereocenters. The molecule has 0 bridgehead atoms. The molecule has 0 aromatic heterocycles. The molecule has 1 nitrogen and oxygen atoms in total. The summed E-state index contributed by atoms with van der Waals surface area (Å²) >= 11 is 0. The molecule has 0 heterocycles. The molecule has 1 N–H and O–H groups in total. The third-order valence-corrected chi connectivity index (χ3v) is 2.21. The zero-order valence-electron chi connectivity index (χ0n) is 6.64. The van der Waals surface area contributed by atoms with Crippen LogP contribution in [0.5, 0.6) is 0 Å². The van der Waals surface area contributed by atoms with Crippen molar-refractivity contribution in [1.29, 1.82) is 0 Å². The quantitative estimate of drug-likeness (QED) is 0.593. The van der Waals surface area contributed by atoms with Crippen LogP contribution in [0.3, 0.4) is 0 Å². The number of rotatable bonds is 1. The van der Waals surface area contributed by atoms with Gasteiger partial charge in [-0.05, 0) is 31.3 Å². The monoisotopic (exact) mass is 140 g/mol. The van der Waals surface area contributed by atoms with Crippen LogP contribution in [-0.4, -0.2) is 5.11 Å². The number of allylic oxidation sites excluding steroid dienone is 2. The lowest BCUT2D eigenvalue weighted by atomic mass is 10.0. The first kappa shape index (κ1) is 7.64. The molecule has 0 unspecified atom stereocenters. The predicted octanol–water partition coefficient (Wildman–Crippen LogP) is 3.03. The number of aliphatic hydroxyl groups excluding tert-OH is 1. The van der Waals surface area contributed by atoms with Gasteiger partial charge < -0.3 is 5.11 Å². The highest BCUT2D eigenvalue weighted by Crippen LogP contribution is 2.22. The molecular formula is C9H16O. The summed E-state index contributed by atoms with van der Waals surface area (Å²) in [5.41, 5.74) is 0. The summed E-state index contributed by atoms with van der Waals surface area (Å²) in [7, 11) is 0. The summed E-state index contributed by atoms with van der Waals surface area (Å²) in [6, 6.07) is 0. The minimum Gasteiger partial charge on any atom is -0.513 e. The summed E-state index contributed by atoms with van der Waals surface area (Å²) in [4.78, 5) is 0. The second-order valence-corrected chi connectivity index (χ2v) is 3.07. The van der Waals surface area contributed by atoms with Crippen molar-refractivity contribution < 1.29 is 5.11 Å². The highest BCUT2D eigenvalue weighted by molar-refractivity contribution is 4.97. The Bertz CT molecular complexity index is 127. The van der Waals surface area contributed by atoms with Crippen LogP contribution in [0.1, 0.15) is 39.0 Å². The summed E-state index contributed by atoms with van der Waals surface area (Å²) in [6.45, 7) is 2.18. The van der Waals surface area contributed by atoms with E-state index in [0.29, 0.717) is 11.7 Å². The highest BCUT2D eigenvalue weighted by atomic mass is 16.3. The van der Waals surface area contributed by atoms with Gasteiger partial charge in [0.25, 0.3) is 0 Å². The Morgan fingerprint density at radius 2 is 2.40 bits per heavy atom. The molecule has 1 rings (SSSR count). The van der Waals surface area contributed by atoms with Gasteiger partial charge in [0.05, 0.1) is 5.76 Å². The normalized spacial score (nSPS) is 27.3. The largest absolute Gasteiger partial charge is 0.513 e. The first-order valence-corrected chi connectivity index (χ1v) is 4.22. The van der Waals surface area contributed by atoms with Crippen molar-refractivity contribution >= 4 is 0 Å². The Balaban J connectivity index is 2.48. The van der Waals surface area contributed by atoms with Gasteiger partial charge in [-0.25, -0.2) is 0 Å². The lowest BCUT2D eigenvalue weighted by Crippen LogP contribution is -1.92. The van der Waals surface area contributed by atoms with Crippen molar-refractivity contribution in [1.82, 2.24) is 0 Å². The van der Waals surface area contributed by atoms with Gasteiger partial charge in [0.2, 0.25) is 0 Å². The molecule has 0 saturated carbocycles. The first-order valence-electron chi connectivity index (χ1n) is 4.22. The van der Waals surface area contributed by atoms with Crippen molar-refractivity contribution in [2.24, 2.45) is 5.92 Å². The van der Waals surface area contributed by atoms with Crippen LogP contribution in [0.2, 0.25) is 0 Å². The lowest BCUT2D eigenvalue weighted by molar-refractivity contribution is 0.383. The maximum absolute atomic E-state index is 9.25. The van der Waals surface area contributed by atoms with Gasteiger partial charge in [-0.3, -0.25) is 0 Å². The van der Waals surface area contributed by atoms with E-state index >= 15 is 0 Å². The second kappa shape index (κ2) is 3.65. The molecule has 0 amide bonds. The van der Waals surface area contributed by atoms with E-state index in [2.05, 4.69) is 6.92 Å². The van der Waals surface area contributed by atoms with Crippen molar-refractivity contribution in [3.05, 3.63) is 11.8 Å². The molecule has 10 heavy (non-hydrogen) atoms. The molecule has 1 aliphatic rings. The van der Waals surface area contributed by atoms with Crippen molar-refractivity contribution in [2.75, 3.05) is 0 Å². The molecule has 0 spiro atoms. The van der Waals surface area contributed by atoms with Gasteiger partial charge in [0.15, 0.2) is 0 Å². The van der Waals surface area contributed by atoms with E-state index in [1.165, 1.54) is 25.7 Å². The topological polar surface area (TPSA) is 20.2 Å². The Labute approximate surface area is 62.8 Å². The van der Waals surface area contributed by atoms with Crippen molar-refractivity contribution in [3.63, 3.8) is 0 Å². The predicted molar refractivity (Wildman–Crippen MR) is 43.0 cm³/mol. The second-order valence-electron chi connectivity index (χ2n) is 3.07. The van der Waals surface area contributed by atoms with Gasteiger partial charge in [0, 0.05) is 6.42 Å². The van der Waals surface area contributed by atoms with E-state index in [-0.39, 0.29) is 0 Å². The van der Waals surface area contributed by atoms with Crippen LogP contribution in [0.25, 0.3) is 0 Å². The van der Waals surface area contributed by atoms with Gasteiger partial charge in [-0.1, -0.05) is 13.3 Å². The third kappa shape index (κ3) is 2.05. The van der Waals surface area contributed by atoms with E-state index in [9.17, 15) is 5.11 Å². The number of aliphatic hydroxyl groups is 1. The van der Waals surface area contributed by atoms with E-state index in [0.717, 1.165) is 6.42 Å². The summed E-state index contributed by atoms with van der Waals surface area (Å²) in [5, 5.41) is 9.25. The summed E-state index contributed by atoms with van der Waals surface area (Å²) in [5.74, 6) is 1.26. The Hall–Kier alpha value is -0.460. The van der Waals surface area contributed by atoms with Crippen LogP contribution >= 0.6 is 0 Å². The Morgan fingerprint density at radius 3 is 3.10 bits per heavy atom. The summed E-state index contributed by atoms with van der Waals surface area (Å²) in [6.07, 6.45) is 7.81. The third-order valence-electron chi connectivity index (χ3n) is 2.21. The van der Waals surface area contributed by atoms with Crippen molar-refractivity contribution in [2.45, 2.75) is 39.0 Å². The van der Waals surface area contributed by atoms with Crippen molar-refractivity contribution in [3.8, 4) is 0 Å². The standard InChI is InChI=1S/C9H16O/c1-2-8-5-3-4-6-9(10)7-8/h7-8,10H,2-6H2,1H3/t8-/m1/s1. The fourth-order valence-corrected chi connectivity index (χ4v) is 1.47. The van der Waals surface area contributed by atoms with E-state index in [4.69, 9.17) is 0 Å². The summed E-state index contributed by atoms with van der Waals surface area (Å²) < 4.78 is 0. The molecule has 0 aliphatic heterocycles.